The first-order valence-electron chi connectivity index (χ1n) is 9.35. The van der Waals surface area contributed by atoms with Gasteiger partial charge in [-0.1, -0.05) is 23.7 Å². The normalized spacial score (nSPS) is 12.1. The van der Waals surface area contributed by atoms with Crippen molar-refractivity contribution in [2.45, 2.75) is 20.0 Å². The van der Waals surface area contributed by atoms with Gasteiger partial charge in [-0.05, 0) is 43.7 Å². The number of para-hydroxylation sites is 1. The van der Waals surface area contributed by atoms with Crippen LogP contribution in [0.15, 0.2) is 51.1 Å². The highest BCUT2D eigenvalue weighted by molar-refractivity contribution is 6.32. The summed E-state index contributed by atoms with van der Waals surface area (Å²) in [7, 11) is 1.41. The van der Waals surface area contributed by atoms with Gasteiger partial charge < -0.3 is 19.2 Å². The number of H-pyrrole nitrogens is 1. The summed E-state index contributed by atoms with van der Waals surface area (Å²) in [6, 6.07) is 9.68. The average molecular weight is 446 g/mol. The van der Waals surface area contributed by atoms with Crippen LogP contribution in [0.25, 0.3) is 10.9 Å². The van der Waals surface area contributed by atoms with Crippen LogP contribution in [-0.4, -0.2) is 41.7 Å². The number of halogens is 1. The molecule has 2 aromatic carbocycles. The number of fused-ring (bicyclic) bond motifs is 1. The largest absolute Gasteiger partial charge is 0.493 e. The summed E-state index contributed by atoms with van der Waals surface area (Å²) in [5.41, 5.74) is -0.374. The Labute approximate surface area is 181 Å². The lowest BCUT2D eigenvalue weighted by atomic mass is 10.2. The third-order valence-corrected chi connectivity index (χ3v) is 4.55. The van der Waals surface area contributed by atoms with E-state index in [2.05, 4.69) is 10.1 Å². The van der Waals surface area contributed by atoms with Crippen LogP contribution in [0.2, 0.25) is 5.02 Å². The lowest BCUT2D eigenvalue weighted by Crippen LogP contribution is -2.32. The Kier molecular flexibility index (Phi) is 6.76. The summed E-state index contributed by atoms with van der Waals surface area (Å²) in [6.07, 6.45) is 0.388. The topological polar surface area (TPSA) is 112 Å². The van der Waals surface area contributed by atoms with E-state index < -0.39 is 23.3 Å². The molecule has 162 valence electrons. The predicted molar refractivity (Wildman–Crippen MR) is 117 cm³/mol. The number of esters is 1. The van der Waals surface area contributed by atoms with Crippen LogP contribution in [0.4, 0.5) is 0 Å². The molecule has 0 aliphatic heterocycles. The van der Waals surface area contributed by atoms with Crippen molar-refractivity contribution in [3.8, 4) is 11.5 Å². The van der Waals surface area contributed by atoms with Gasteiger partial charge in [0.1, 0.15) is 0 Å². The first kappa shape index (κ1) is 22.1. The number of aromatic amines is 1. The molecule has 1 aromatic heterocycles. The van der Waals surface area contributed by atoms with Crippen molar-refractivity contribution < 1.29 is 19.0 Å². The van der Waals surface area contributed by atoms with Crippen LogP contribution < -0.4 is 20.7 Å². The van der Waals surface area contributed by atoms with Gasteiger partial charge >= 0.3 is 11.7 Å². The van der Waals surface area contributed by atoms with Gasteiger partial charge in [-0.25, -0.2) is 9.59 Å². The highest BCUT2D eigenvalue weighted by Gasteiger charge is 2.20. The third kappa shape index (κ3) is 4.77. The average Bonchev–Trinajstić information content (AvgIpc) is 2.75. The molecule has 0 bridgehead atoms. The molecule has 0 saturated carbocycles. The van der Waals surface area contributed by atoms with Gasteiger partial charge in [0.15, 0.2) is 17.6 Å². The predicted octanol–water partition coefficient (Wildman–Crippen LogP) is 2.56. The van der Waals surface area contributed by atoms with Gasteiger partial charge in [0, 0.05) is 0 Å². The van der Waals surface area contributed by atoms with Crippen molar-refractivity contribution >= 4 is 34.7 Å². The molecule has 1 heterocycles. The summed E-state index contributed by atoms with van der Waals surface area (Å²) >= 11 is 6.31. The number of carbonyl (C=O) groups is 1. The number of aromatic nitrogens is 2. The van der Waals surface area contributed by atoms with E-state index in [1.165, 1.54) is 26.3 Å². The van der Waals surface area contributed by atoms with Crippen molar-refractivity contribution in [1.82, 2.24) is 9.66 Å². The number of carbonyl (C=O) groups excluding carboxylic acids is 1. The van der Waals surface area contributed by atoms with Crippen molar-refractivity contribution in [3.05, 3.63) is 67.8 Å². The molecule has 0 aliphatic carbocycles. The minimum Gasteiger partial charge on any atom is -0.493 e. The van der Waals surface area contributed by atoms with E-state index in [1.807, 2.05) is 0 Å². The van der Waals surface area contributed by atoms with Gasteiger partial charge in [-0.3, -0.25) is 4.79 Å². The summed E-state index contributed by atoms with van der Waals surface area (Å²) in [4.78, 5) is 39.2. The molecular formula is C21H20ClN3O6. The monoisotopic (exact) mass is 445 g/mol. The van der Waals surface area contributed by atoms with Crippen LogP contribution in [0.1, 0.15) is 19.4 Å². The Balaban J connectivity index is 1.95. The van der Waals surface area contributed by atoms with E-state index in [0.717, 1.165) is 4.68 Å². The van der Waals surface area contributed by atoms with Crippen molar-refractivity contribution in [2.75, 3.05) is 13.7 Å². The number of methoxy groups -OCH3 is 1. The van der Waals surface area contributed by atoms with Crippen LogP contribution in [0.3, 0.4) is 0 Å². The highest BCUT2D eigenvalue weighted by atomic mass is 35.5. The summed E-state index contributed by atoms with van der Waals surface area (Å²) in [5.74, 6) is -0.145. The molecule has 0 aliphatic rings. The Hall–Kier alpha value is -3.59. The first-order chi connectivity index (χ1) is 14.8. The molecule has 10 heteroatoms. The van der Waals surface area contributed by atoms with Gasteiger partial charge in [0.05, 0.1) is 35.9 Å². The third-order valence-electron chi connectivity index (χ3n) is 4.27. The van der Waals surface area contributed by atoms with Gasteiger partial charge in [-0.2, -0.15) is 5.10 Å². The van der Waals surface area contributed by atoms with Gasteiger partial charge in [-0.15, -0.1) is 4.68 Å². The van der Waals surface area contributed by atoms with Crippen molar-refractivity contribution in [1.29, 1.82) is 0 Å². The van der Waals surface area contributed by atoms with E-state index in [9.17, 15) is 14.4 Å². The standard InChI is InChI=1S/C21H20ClN3O6/c1-4-30-20(27)12(2)31-18-15(22)9-13(10-17(18)29-3)11-23-25-19(26)14-7-5-6-8-16(14)24-21(25)28/h5-12H,4H2,1-3H3,(H,24,28)/t12-/m0/s1. The fourth-order valence-electron chi connectivity index (χ4n) is 2.80. The summed E-state index contributed by atoms with van der Waals surface area (Å²) < 4.78 is 16.5. The van der Waals surface area contributed by atoms with Crippen LogP contribution in [0, 0.1) is 0 Å². The summed E-state index contributed by atoms with van der Waals surface area (Å²) in [6.45, 7) is 3.44. The molecule has 0 amide bonds. The molecule has 0 radical (unpaired) electrons. The maximum absolute atomic E-state index is 12.6. The van der Waals surface area contributed by atoms with Gasteiger partial charge in [0.25, 0.3) is 5.56 Å². The van der Waals surface area contributed by atoms with E-state index in [-0.39, 0.29) is 23.1 Å². The second kappa shape index (κ2) is 9.48. The highest BCUT2D eigenvalue weighted by Crippen LogP contribution is 2.36. The molecule has 0 fully saturated rings. The fourth-order valence-corrected chi connectivity index (χ4v) is 3.06. The molecule has 31 heavy (non-hydrogen) atoms. The second-order valence-electron chi connectivity index (χ2n) is 6.38. The van der Waals surface area contributed by atoms with E-state index >= 15 is 0 Å². The molecule has 0 saturated heterocycles. The Morgan fingerprint density at radius 2 is 2.03 bits per heavy atom. The van der Waals surface area contributed by atoms with Crippen LogP contribution >= 0.6 is 11.6 Å². The van der Waals surface area contributed by atoms with Gasteiger partial charge in [0.2, 0.25) is 0 Å². The lowest BCUT2D eigenvalue weighted by molar-refractivity contribution is -0.150. The van der Waals surface area contributed by atoms with E-state index in [4.69, 9.17) is 25.8 Å². The number of hydrogen-bond donors (Lipinski definition) is 1. The van der Waals surface area contributed by atoms with E-state index in [1.54, 1.807) is 37.3 Å². The molecule has 3 rings (SSSR count). The lowest BCUT2D eigenvalue weighted by Gasteiger charge is -2.17. The molecule has 0 spiro atoms. The first-order valence-corrected chi connectivity index (χ1v) is 9.72. The number of rotatable bonds is 7. The fraction of sp³-hybridized carbons (Fsp3) is 0.238. The number of nitrogens with zero attached hydrogens (tertiary/aromatic N) is 2. The van der Waals surface area contributed by atoms with Crippen LogP contribution in [0.5, 0.6) is 11.5 Å². The Morgan fingerprint density at radius 1 is 1.29 bits per heavy atom. The number of benzene rings is 2. The molecule has 9 nitrogen and oxygen atoms in total. The number of hydrogen-bond acceptors (Lipinski definition) is 7. The summed E-state index contributed by atoms with van der Waals surface area (Å²) in [5, 5.41) is 4.47. The zero-order valence-corrected chi connectivity index (χ0v) is 17.8. The molecule has 0 unspecified atom stereocenters. The zero-order valence-electron chi connectivity index (χ0n) is 17.0. The molecular weight excluding hydrogens is 426 g/mol. The second-order valence-corrected chi connectivity index (χ2v) is 6.79. The Morgan fingerprint density at radius 3 is 2.74 bits per heavy atom. The molecule has 1 atom stereocenters. The molecule has 3 aromatic rings. The van der Waals surface area contributed by atoms with E-state index in [0.29, 0.717) is 16.5 Å². The maximum atomic E-state index is 12.6. The Bertz CT molecular complexity index is 1260. The minimum atomic E-state index is -0.902. The van der Waals surface area contributed by atoms with Crippen LogP contribution in [-0.2, 0) is 9.53 Å². The van der Waals surface area contributed by atoms with Crippen molar-refractivity contribution in [3.63, 3.8) is 0 Å². The zero-order chi connectivity index (χ0) is 22.5. The molecule has 1 N–H and O–H groups in total. The minimum absolute atomic E-state index is 0.150. The number of ether oxygens (including phenoxy) is 3. The maximum Gasteiger partial charge on any atom is 0.349 e. The SMILES string of the molecule is CCOC(=O)[C@H](C)Oc1c(Cl)cc(C=Nn2c(=O)[nH]c3ccccc3c2=O)cc1OC. The quantitative estimate of drug-likeness (QED) is 0.442. The number of nitrogens with one attached hydrogen (secondary N) is 1. The van der Waals surface area contributed by atoms with Crippen molar-refractivity contribution in [2.24, 2.45) is 5.10 Å². The smallest absolute Gasteiger partial charge is 0.349 e.